The predicted molar refractivity (Wildman–Crippen MR) is 128 cm³/mol. The van der Waals surface area contributed by atoms with Crippen LogP contribution in [0.5, 0.6) is 0 Å². The zero-order valence-electron chi connectivity index (χ0n) is 19.0. The number of hydrogen-bond donors (Lipinski definition) is 2. The number of carbonyl (C=O) groups excluding carboxylic acids is 1. The minimum atomic E-state index is -2.12. The Kier molecular flexibility index (Phi) is 5.98. The summed E-state index contributed by atoms with van der Waals surface area (Å²) in [5.74, 6) is 0.489. The molecule has 1 amide bonds. The molecule has 1 fully saturated rings. The molecule has 2 aliphatic heterocycles. The zero-order chi connectivity index (χ0) is 23.1. The van der Waals surface area contributed by atoms with Crippen LogP contribution in [-0.2, 0) is 11.3 Å². The van der Waals surface area contributed by atoms with Crippen molar-refractivity contribution in [2.75, 3.05) is 28.6 Å². The summed E-state index contributed by atoms with van der Waals surface area (Å²) in [6.45, 7) is 6.28. The number of nitrogens with zero attached hydrogens (tertiary/aromatic N) is 5. The van der Waals surface area contributed by atoms with Gasteiger partial charge in [-0.15, -0.1) is 0 Å². The molecule has 0 bridgehead atoms. The summed E-state index contributed by atoms with van der Waals surface area (Å²) in [7, 11) is 0. The quantitative estimate of drug-likeness (QED) is 0.472. The van der Waals surface area contributed by atoms with E-state index < -0.39 is 19.8 Å². The van der Waals surface area contributed by atoms with E-state index in [9.17, 15) is 9.18 Å². The summed E-state index contributed by atoms with van der Waals surface area (Å²) in [6, 6.07) is 6.94. The minimum absolute atomic E-state index is 0.0705. The van der Waals surface area contributed by atoms with Gasteiger partial charge in [-0.05, 0) is 24.3 Å². The van der Waals surface area contributed by atoms with Gasteiger partial charge in [-0.3, -0.25) is 0 Å². The van der Waals surface area contributed by atoms with Crippen molar-refractivity contribution in [1.29, 1.82) is 0 Å². The van der Waals surface area contributed by atoms with Gasteiger partial charge in [0.15, 0.2) is 0 Å². The summed E-state index contributed by atoms with van der Waals surface area (Å²) in [5, 5.41) is 10.9. The molecule has 5 rings (SSSR count). The Morgan fingerprint density at radius 1 is 1.27 bits per heavy atom. The van der Waals surface area contributed by atoms with Gasteiger partial charge in [0, 0.05) is 0 Å². The number of carbonyl (C=O) groups is 1. The number of halogens is 1. The molecule has 171 valence electrons. The fourth-order valence-electron chi connectivity index (χ4n) is 4.41. The third kappa shape index (κ3) is 4.42. The monoisotopic (exact) mass is 556 g/mol. The first-order valence-corrected chi connectivity index (χ1v) is 17.1. The van der Waals surface area contributed by atoms with Gasteiger partial charge >= 0.3 is 165 Å². The maximum atomic E-state index is 13.2. The number of rotatable bonds is 5. The first kappa shape index (κ1) is 22.1. The van der Waals surface area contributed by atoms with Crippen molar-refractivity contribution in [2.24, 2.45) is 0 Å². The van der Waals surface area contributed by atoms with E-state index in [4.69, 9.17) is 4.98 Å². The Morgan fingerprint density at radius 3 is 2.85 bits per heavy atom. The Morgan fingerprint density at radius 2 is 2.06 bits per heavy atom. The second-order valence-electron chi connectivity index (χ2n) is 8.80. The van der Waals surface area contributed by atoms with Crippen LogP contribution in [0.25, 0.3) is 0 Å². The number of fused-ring (bicyclic) bond motifs is 1. The van der Waals surface area contributed by atoms with Gasteiger partial charge in [-0.25, -0.2) is 4.39 Å². The van der Waals surface area contributed by atoms with Crippen molar-refractivity contribution in [2.45, 2.75) is 41.7 Å². The fraction of sp³-hybridized carbons (Fsp3) is 0.391. The van der Waals surface area contributed by atoms with E-state index >= 15 is 0 Å². The maximum absolute atomic E-state index is 13.2. The Balaban J connectivity index is 1.24. The van der Waals surface area contributed by atoms with E-state index in [2.05, 4.69) is 36.8 Å². The molecule has 8 nitrogen and oxygen atoms in total. The molecule has 2 aromatic heterocycles. The molecule has 33 heavy (non-hydrogen) atoms. The van der Waals surface area contributed by atoms with Crippen LogP contribution in [0.15, 0.2) is 36.7 Å². The molecule has 2 aliphatic rings. The van der Waals surface area contributed by atoms with Crippen molar-refractivity contribution in [3.8, 4) is 0 Å². The molecule has 10 heteroatoms. The summed E-state index contributed by atoms with van der Waals surface area (Å²) in [6.07, 6.45) is 4.94. The fourth-order valence-corrected chi connectivity index (χ4v) is 9.54. The van der Waals surface area contributed by atoms with Gasteiger partial charge in [0.1, 0.15) is 5.82 Å². The van der Waals surface area contributed by atoms with Crippen molar-refractivity contribution in [1.82, 2.24) is 19.7 Å². The molecule has 0 spiro atoms. The van der Waals surface area contributed by atoms with Gasteiger partial charge in [0.25, 0.3) is 0 Å². The van der Waals surface area contributed by atoms with Crippen LogP contribution in [0.4, 0.5) is 21.7 Å². The number of amides is 1. The number of hydrogen-bond acceptors (Lipinski definition) is 6. The molecule has 1 aromatic carbocycles. The SMILES string of the molecule is Cc1nc(NCc2cnn([C@@H]3CCN(c4ccc(F)cc4)C3)c2)n[c]2c1NC(=O)[C@H](C)[Sn]2[CH3]. The van der Waals surface area contributed by atoms with Gasteiger partial charge in [0.2, 0.25) is 0 Å². The molecular formula is C23H27FN7OSn. The second kappa shape index (κ2) is 8.92. The van der Waals surface area contributed by atoms with Crippen LogP contribution in [-0.4, -0.2) is 58.5 Å². The van der Waals surface area contributed by atoms with Gasteiger partial charge in [-0.2, -0.15) is 0 Å². The van der Waals surface area contributed by atoms with Crippen LogP contribution in [0, 0.1) is 12.7 Å². The first-order chi connectivity index (χ1) is 15.9. The van der Waals surface area contributed by atoms with Crippen molar-refractivity contribution in [3.63, 3.8) is 0 Å². The standard InChI is InChI=1S/C22H24FN7O.CH3.Sn/c1-3-21(31)28-20-12-25-22(27-15(20)2)24-10-16-11-26-30(13-16)19-8-9-29(14-19)18-6-4-17(23)5-7-18;;/h3-7,11,13,19H,8-10,14H2,1-2H3,(H,28,31)(H,24,25,27);1H3;/t19-;;/m1../s1. The van der Waals surface area contributed by atoms with Gasteiger partial charge in [0.05, 0.1) is 0 Å². The number of anilines is 3. The van der Waals surface area contributed by atoms with E-state index in [0.29, 0.717) is 12.5 Å². The molecule has 2 atom stereocenters. The van der Waals surface area contributed by atoms with Crippen LogP contribution in [0.2, 0.25) is 8.87 Å². The molecule has 1 radical (unpaired) electrons. The van der Waals surface area contributed by atoms with Gasteiger partial charge < -0.3 is 0 Å². The Labute approximate surface area is 199 Å². The predicted octanol–water partition coefficient (Wildman–Crippen LogP) is 2.86. The summed E-state index contributed by atoms with van der Waals surface area (Å²) in [4.78, 5) is 26.0. The van der Waals surface area contributed by atoms with Crippen LogP contribution in [0.1, 0.15) is 30.6 Å². The van der Waals surface area contributed by atoms with Crippen molar-refractivity contribution >= 4 is 46.7 Å². The molecule has 3 aromatic rings. The van der Waals surface area contributed by atoms with Gasteiger partial charge in [-0.1, -0.05) is 0 Å². The molecule has 1 saturated heterocycles. The Hall–Kier alpha value is -2.69. The number of nitrogens with one attached hydrogen (secondary N) is 2. The van der Waals surface area contributed by atoms with Crippen LogP contribution < -0.4 is 19.2 Å². The second-order valence-corrected chi connectivity index (χ2v) is 16.5. The van der Waals surface area contributed by atoms with Crippen molar-refractivity contribution < 1.29 is 9.18 Å². The average Bonchev–Trinajstić information content (AvgIpc) is 3.47. The zero-order valence-corrected chi connectivity index (χ0v) is 21.8. The summed E-state index contributed by atoms with van der Waals surface area (Å²) in [5.41, 5.74) is 3.73. The van der Waals surface area contributed by atoms with Crippen LogP contribution in [0.3, 0.4) is 0 Å². The van der Waals surface area contributed by atoms with E-state index in [0.717, 1.165) is 45.9 Å². The number of aryl methyl sites for hydroxylation is 1. The van der Waals surface area contributed by atoms with E-state index in [-0.39, 0.29) is 21.7 Å². The molecule has 0 saturated carbocycles. The first-order valence-electron chi connectivity index (χ1n) is 11.2. The molecule has 0 aliphatic carbocycles. The number of aromatic nitrogens is 4. The Bertz CT molecular complexity index is 1180. The van der Waals surface area contributed by atoms with E-state index in [1.807, 2.05) is 36.9 Å². The van der Waals surface area contributed by atoms with Crippen LogP contribution >= 0.6 is 0 Å². The summed E-state index contributed by atoms with van der Waals surface area (Å²) < 4.78 is 16.4. The normalized spacial score (nSPS) is 20.6. The third-order valence-electron chi connectivity index (χ3n) is 6.59. The van der Waals surface area contributed by atoms with E-state index in [1.165, 1.54) is 12.1 Å². The van der Waals surface area contributed by atoms with Crippen molar-refractivity contribution in [3.05, 3.63) is 53.7 Å². The average molecular weight is 555 g/mol. The molecular weight excluding hydrogens is 528 g/mol. The van der Waals surface area contributed by atoms with E-state index in [1.54, 1.807) is 0 Å². The number of benzene rings is 1. The summed E-state index contributed by atoms with van der Waals surface area (Å²) >= 11 is -2.12. The molecule has 2 N–H and O–H groups in total. The third-order valence-corrected chi connectivity index (χ3v) is 14.2. The molecule has 4 heterocycles. The molecule has 0 unspecified atom stereocenters. The topological polar surface area (TPSA) is 88.0 Å².